The van der Waals surface area contributed by atoms with Crippen LogP contribution in [0.4, 0.5) is 4.39 Å². The minimum Gasteiger partial charge on any atom is -0.293 e. The zero-order valence-electron chi connectivity index (χ0n) is 15.5. The number of thioether (sulfide) groups is 1. The van der Waals surface area contributed by atoms with E-state index in [1.807, 2.05) is 66.7 Å². The molecule has 0 saturated carbocycles. The molecule has 0 aliphatic rings. The van der Waals surface area contributed by atoms with Gasteiger partial charge in [0.2, 0.25) is 0 Å². The lowest BCUT2D eigenvalue weighted by Crippen LogP contribution is -2.04. The van der Waals surface area contributed by atoms with Gasteiger partial charge < -0.3 is 0 Å². The summed E-state index contributed by atoms with van der Waals surface area (Å²) < 4.78 is 13.1. The molecule has 0 fully saturated rings. The summed E-state index contributed by atoms with van der Waals surface area (Å²) in [6.07, 6.45) is 0. The molecule has 0 N–H and O–H groups in total. The number of carbonyl (C=O) groups is 1. The predicted octanol–water partition coefficient (Wildman–Crippen LogP) is 5.92. The molecule has 0 atom stereocenters. The van der Waals surface area contributed by atoms with Crippen LogP contribution in [0.1, 0.15) is 10.4 Å². The van der Waals surface area contributed by atoms with E-state index in [9.17, 15) is 9.18 Å². The Bertz CT molecular complexity index is 1060. The summed E-state index contributed by atoms with van der Waals surface area (Å²) >= 11 is 1.28. The van der Waals surface area contributed by atoms with Gasteiger partial charge >= 0.3 is 0 Å². The third kappa shape index (κ3) is 4.76. The number of carbonyl (C=O) groups excluding carboxylic acids is 1. The molecule has 0 bridgehead atoms. The van der Waals surface area contributed by atoms with Crippen LogP contribution in [-0.4, -0.2) is 21.5 Å². The first-order valence-electron chi connectivity index (χ1n) is 9.10. The Balaban J connectivity index is 1.63. The van der Waals surface area contributed by atoms with Crippen LogP contribution in [0, 0.1) is 5.82 Å². The second-order valence-electron chi connectivity index (χ2n) is 6.37. The molecule has 1 aromatic heterocycles. The SMILES string of the molecule is O=C(CSc1nc(-c2ccccc2)cc(-c2ccccc2)n1)c1ccc(F)cc1. The minimum atomic E-state index is -0.361. The van der Waals surface area contributed by atoms with Crippen LogP contribution >= 0.6 is 11.8 Å². The van der Waals surface area contributed by atoms with Crippen molar-refractivity contribution in [3.63, 3.8) is 0 Å². The van der Waals surface area contributed by atoms with E-state index < -0.39 is 0 Å². The number of hydrogen-bond donors (Lipinski definition) is 0. The Morgan fingerprint density at radius 2 is 1.28 bits per heavy atom. The maximum atomic E-state index is 13.1. The van der Waals surface area contributed by atoms with E-state index >= 15 is 0 Å². The van der Waals surface area contributed by atoms with Crippen LogP contribution in [0.5, 0.6) is 0 Å². The topological polar surface area (TPSA) is 42.9 Å². The van der Waals surface area contributed by atoms with Crippen LogP contribution in [0.15, 0.2) is 96.2 Å². The lowest BCUT2D eigenvalue weighted by Gasteiger charge is -2.08. The third-order valence-electron chi connectivity index (χ3n) is 4.34. The smallest absolute Gasteiger partial charge is 0.189 e. The van der Waals surface area contributed by atoms with Crippen LogP contribution in [-0.2, 0) is 0 Å². The maximum Gasteiger partial charge on any atom is 0.189 e. The van der Waals surface area contributed by atoms with Gasteiger partial charge in [-0.15, -0.1) is 0 Å². The van der Waals surface area contributed by atoms with Crippen molar-refractivity contribution in [2.24, 2.45) is 0 Å². The molecule has 29 heavy (non-hydrogen) atoms. The summed E-state index contributed by atoms with van der Waals surface area (Å²) in [6, 6.07) is 27.3. The summed E-state index contributed by atoms with van der Waals surface area (Å²) in [4.78, 5) is 21.7. The summed E-state index contributed by atoms with van der Waals surface area (Å²) in [5, 5.41) is 0.528. The van der Waals surface area contributed by atoms with Gasteiger partial charge in [0.25, 0.3) is 0 Å². The molecule has 0 unspecified atom stereocenters. The highest BCUT2D eigenvalue weighted by atomic mass is 32.2. The van der Waals surface area contributed by atoms with Gasteiger partial charge in [-0.05, 0) is 30.3 Å². The van der Waals surface area contributed by atoms with Crippen molar-refractivity contribution in [3.8, 4) is 22.5 Å². The van der Waals surface area contributed by atoms with E-state index in [0.29, 0.717) is 10.7 Å². The summed E-state index contributed by atoms with van der Waals surface area (Å²) in [7, 11) is 0. The van der Waals surface area contributed by atoms with E-state index in [-0.39, 0.29) is 17.4 Å². The first-order valence-corrected chi connectivity index (χ1v) is 10.1. The Kier molecular flexibility index (Phi) is 5.77. The molecule has 5 heteroatoms. The van der Waals surface area contributed by atoms with Crippen molar-refractivity contribution < 1.29 is 9.18 Å². The maximum absolute atomic E-state index is 13.1. The first-order chi connectivity index (χ1) is 14.2. The van der Waals surface area contributed by atoms with Gasteiger partial charge in [0.1, 0.15) is 5.82 Å². The summed E-state index contributed by atoms with van der Waals surface area (Å²) in [5.41, 5.74) is 4.05. The fourth-order valence-corrected chi connectivity index (χ4v) is 3.61. The first kappa shape index (κ1) is 19.0. The molecule has 1 heterocycles. The molecule has 142 valence electrons. The lowest BCUT2D eigenvalue weighted by molar-refractivity contribution is 0.102. The van der Waals surface area contributed by atoms with Crippen molar-refractivity contribution in [3.05, 3.63) is 102 Å². The number of Topliss-reactive ketones (excluding diaryl/α,β-unsaturated/α-hetero) is 1. The number of rotatable bonds is 6. The van der Waals surface area contributed by atoms with E-state index in [2.05, 4.69) is 9.97 Å². The van der Waals surface area contributed by atoms with Crippen molar-refractivity contribution in [1.82, 2.24) is 9.97 Å². The van der Waals surface area contributed by atoms with Gasteiger partial charge in [0.15, 0.2) is 10.9 Å². The highest BCUT2D eigenvalue weighted by Crippen LogP contribution is 2.27. The van der Waals surface area contributed by atoms with Gasteiger partial charge in [0.05, 0.1) is 17.1 Å². The van der Waals surface area contributed by atoms with Crippen LogP contribution in [0.25, 0.3) is 22.5 Å². The van der Waals surface area contributed by atoms with E-state index in [1.165, 1.54) is 36.0 Å². The average Bonchev–Trinajstić information content (AvgIpc) is 2.79. The van der Waals surface area contributed by atoms with Crippen LogP contribution < -0.4 is 0 Å². The van der Waals surface area contributed by atoms with E-state index in [4.69, 9.17) is 0 Å². The highest BCUT2D eigenvalue weighted by Gasteiger charge is 2.12. The molecule has 4 rings (SSSR count). The Morgan fingerprint density at radius 3 is 1.79 bits per heavy atom. The molecular weight excluding hydrogens is 383 g/mol. The number of nitrogens with zero attached hydrogens (tertiary/aromatic N) is 2. The molecule has 0 aliphatic carbocycles. The number of hydrogen-bond acceptors (Lipinski definition) is 4. The normalized spacial score (nSPS) is 10.7. The Morgan fingerprint density at radius 1 is 0.759 bits per heavy atom. The van der Waals surface area contributed by atoms with Crippen molar-refractivity contribution in [2.45, 2.75) is 5.16 Å². The van der Waals surface area contributed by atoms with E-state index in [1.54, 1.807) is 0 Å². The second-order valence-corrected chi connectivity index (χ2v) is 7.31. The fraction of sp³-hybridized carbons (Fsp3) is 0.0417. The average molecular weight is 400 g/mol. The fourth-order valence-electron chi connectivity index (χ4n) is 2.85. The molecule has 3 aromatic carbocycles. The van der Waals surface area contributed by atoms with Crippen LogP contribution in [0.2, 0.25) is 0 Å². The van der Waals surface area contributed by atoms with Crippen molar-refractivity contribution in [1.29, 1.82) is 0 Å². The van der Waals surface area contributed by atoms with Gasteiger partial charge in [-0.2, -0.15) is 0 Å². The second kappa shape index (κ2) is 8.80. The quantitative estimate of drug-likeness (QED) is 0.229. The molecule has 0 saturated heterocycles. The third-order valence-corrected chi connectivity index (χ3v) is 5.19. The van der Waals surface area contributed by atoms with Gasteiger partial charge in [0, 0.05) is 16.7 Å². The molecular formula is C24H17FN2OS. The van der Waals surface area contributed by atoms with Gasteiger partial charge in [-0.25, -0.2) is 14.4 Å². The minimum absolute atomic E-state index is 0.0926. The van der Waals surface area contributed by atoms with E-state index in [0.717, 1.165) is 22.5 Å². The zero-order valence-corrected chi connectivity index (χ0v) is 16.3. The molecule has 0 amide bonds. The molecule has 0 radical (unpaired) electrons. The molecule has 0 spiro atoms. The summed E-state index contributed by atoms with van der Waals surface area (Å²) in [6.45, 7) is 0. The monoisotopic (exact) mass is 400 g/mol. The Labute approximate surface area is 172 Å². The van der Waals surface area contributed by atoms with Gasteiger partial charge in [-0.1, -0.05) is 72.4 Å². The summed E-state index contributed by atoms with van der Waals surface area (Å²) in [5.74, 6) is -0.274. The number of ketones is 1. The largest absolute Gasteiger partial charge is 0.293 e. The zero-order chi connectivity index (χ0) is 20.1. The molecule has 4 aromatic rings. The van der Waals surface area contributed by atoms with Gasteiger partial charge in [-0.3, -0.25) is 4.79 Å². The standard InChI is InChI=1S/C24H17FN2OS/c25-20-13-11-19(12-14-20)23(28)16-29-24-26-21(17-7-3-1-4-8-17)15-22(27-24)18-9-5-2-6-10-18/h1-15H,16H2. The van der Waals surface area contributed by atoms with Crippen molar-refractivity contribution in [2.75, 3.05) is 5.75 Å². The Hall–Kier alpha value is -3.31. The number of aromatic nitrogens is 2. The molecule has 0 aliphatic heterocycles. The predicted molar refractivity (Wildman–Crippen MR) is 114 cm³/mol. The van der Waals surface area contributed by atoms with Crippen molar-refractivity contribution >= 4 is 17.5 Å². The highest BCUT2D eigenvalue weighted by molar-refractivity contribution is 7.99. The van der Waals surface area contributed by atoms with Crippen LogP contribution in [0.3, 0.4) is 0 Å². The number of halogens is 1. The number of benzene rings is 3. The molecule has 3 nitrogen and oxygen atoms in total. The lowest BCUT2D eigenvalue weighted by atomic mass is 10.1.